The Balaban J connectivity index is 1.82. The molecule has 0 unspecified atom stereocenters. The molecule has 25 heavy (non-hydrogen) atoms. The summed E-state index contributed by atoms with van der Waals surface area (Å²) in [5.41, 5.74) is 2.10. The van der Waals surface area contributed by atoms with Gasteiger partial charge < -0.3 is 4.98 Å². The van der Waals surface area contributed by atoms with Gasteiger partial charge in [-0.05, 0) is 13.8 Å². The first-order valence-corrected chi connectivity index (χ1v) is 7.26. The van der Waals surface area contributed by atoms with E-state index in [0.717, 1.165) is 0 Å². The molecule has 0 spiro atoms. The highest BCUT2D eigenvalue weighted by atomic mass is 15.5. The van der Waals surface area contributed by atoms with Crippen molar-refractivity contribution in [3.63, 3.8) is 0 Å². The van der Waals surface area contributed by atoms with E-state index in [1.807, 2.05) is 13.0 Å². The van der Waals surface area contributed by atoms with Crippen molar-refractivity contribution >= 4 is 17.2 Å². The molecule has 11 nitrogen and oxygen atoms in total. The van der Waals surface area contributed by atoms with Crippen molar-refractivity contribution in [1.29, 1.82) is 5.26 Å². The van der Waals surface area contributed by atoms with E-state index in [-0.39, 0.29) is 11.4 Å². The first kappa shape index (κ1) is 14.6. The van der Waals surface area contributed by atoms with Gasteiger partial charge in [0.25, 0.3) is 0 Å². The molecule has 0 saturated carbocycles. The van der Waals surface area contributed by atoms with Gasteiger partial charge in [-0.1, -0.05) is 0 Å². The third kappa shape index (κ3) is 2.41. The normalized spacial score (nSPS) is 11.4. The number of aromatic nitrogens is 8. The number of nitrogens with zero attached hydrogens (tertiary/aromatic N) is 10. The van der Waals surface area contributed by atoms with E-state index in [4.69, 9.17) is 0 Å². The molecule has 11 heteroatoms. The van der Waals surface area contributed by atoms with E-state index in [0.29, 0.717) is 28.7 Å². The number of azo groups is 1. The fraction of sp³-hybridized carbons (Fsp3) is 0.143. The Morgan fingerprint density at radius 3 is 2.80 bits per heavy atom. The fourth-order valence-corrected chi connectivity index (χ4v) is 2.33. The lowest BCUT2D eigenvalue weighted by atomic mass is 10.4. The molecule has 4 heterocycles. The number of fused-ring (bicyclic) bond motifs is 1. The summed E-state index contributed by atoms with van der Waals surface area (Å²) in [4.78, 5) is 11.2. The third-order valence-corrected chi connectivity index (χ3v) is 3.43. The maximum absolute atomic E-state index is 9.29. The second kappa shape index (κ2) is 5.60. The van der Waals surface area contributed by atoms with Crippen molar-refractivity contribution in [3.05, 3.63) is 41.9 Å². The number of rotatable bonds is 3. The molecule has 4 rings (SSSR count). The molecule has 0 aliphatic carbocycles. The third-order valence-electron chi connectivity index (χ3n) is 3.43. The molecular formula is C14H11N11. The molecule has 0 amide bonds. The van der Waals surface area contributed by atoms with Gasteiger partial charge in [-0.15, -0.1) is 20.0 Å². The van der Waals surface area contributed by atoms with Crippen LogP contribution in [-0.2, 0) is 0 Å². The molecule has 4 aromatic rings. The fourth-order valence-electron chi connectivity index (χ4n) is 2.33. The Bertz CT molecular complexity index is 1120. The van der Waals surface area contributed by atoms with Crippen molar-refractivity contribution in [1.82, 2.24) is 39.6 Å². The van der Waals surface area contributed by atoms with Crippen LogP contribution in [-0.4, -0.2) is 39.6 Å². The van der Waals surface area contributed by atoms with E-state index in [1.54, 1.807) is 13.1 Å². The van der Waals surface area contributed by atoms with Crippen LogP contribution in [0, 0.1) is 25.2 Å². The molecule has 0 bridgehead atoms. The van der Waals surface area contributed by atoms with Crippen LogP contribution in [0.3, 0.4) is 0 Å². The lowest BCUT2D eigenvalue weighted by Crippen LogP contribution is -1.98. The van der Waals surface area contributed by atoms with E-state index in [9.17, 15) is 5.26 Å². The highest BCUT2D eigenvalue weighted by Crippen LogP contribution is 2.28. The number of H-pyrrole nitrogens is 1. The van der Waals surface area contributed by atoms with Gasteiger partial charge in [0, 0.05) is 12.4 Å². The van der Waals surface area contributed by atoms with Crippen LogP contribution < -0.4 is 0 Å². The molecule has 0 radical (unpaired) electrons. The molecule has 4 aromatic heterocycles. The zero-order valence-electron chi connectivity index (χ0n) is 13.3. The number of nitriles is 1. The molecule has 0 saturated heterocycles. The second-order valence-electron chi connectivity index (χ2n) is 5.15. The molecule has 0 aromatic carbocycles. The highest BCUT2D eigenvalue weighted by Gasteiger charge is 2.15. The van der Waals surface area contributed by atoms with Crippen LogP contribution in [0.2, 0.25) is 0 Å². The maximum Gasteiger partial charge on any atom is 0.197 e. The van der Waals surface area contributed by atoms with Gasteiger partial charge >= 0.3 is 0 Å². The van der Waals surface area contributed by atoms with Crippen molar-refractivity contribution in [2.75, 3.05) is 0 Å². The first-order valence-electron chi connectivity index (χ1n) is 7.26. The van der Waals surface area contributed by atoms with Crippen LogP contribution in [0.1, 0.15) is 17.1 Å². The summed E-state index contributed by atoms with van der Waals surface area (Å²) in [6.07, 6.45) is 6.01. The lowest BCUT2D eigenvalue weighted by Gasteiger charge is -2.00. The van der Waals surface area contributed by atoms with Gasteiger partial charge in [0.15, 0.2) is 23.0 Å². The predicted molar refractivity (Wildman–Crippen MR) is 84.9 cm³/mol. The van der Waals surface area contributed by atoms with Crippen LogP contribution >= 0.6 is 0 Å². The van der Waals surface area contributed by atoms with Gasteiger partial charge in [-0.25, -0.2) is 4.98 Å². The van der Waals surface area contributed by atoms with Crippen molar-refractivity contribution in [2.45, 2.75) is 13.8 Å². The Morgan fingerprint density at radius 2 is 2.04 bits per heavy atom. The standard InChI is InChI=1S/C14H11N11/c1-8-12(14-19-9(2)23-25(14)22-8)20-21-13-10(5-15)6-18-24(13)11-7-16-3-4-17-11/h3-4,6-7H,1-2H3,(H,19,23)/b21-20+. The minimum absolute atomic E-state index is 0.262. The van der Waals surface area contributed by atoms with E-state index >= 15 is 0 Å². The summed E-state index contributed by atoms with van der Waals surface area (Å²) >= 11 is 0. The number of nitrogens with one attached hydrogen (secondary N) is 1. The van der Waals surface area contributed by atoms with Gasteiger partial charge in [0.1, 0.15) is 17.5 Å². The second-order valence-corrected chi connectivity index (χ2v) is 5.15. The number of hydrogen-bond acceptors (Lipinski definition) is 8. The minimum Gasteiger partial charge on any atom is -0.324 e. The Kier molecular flexibility index (Phi) is 3.28. The summed E-state index contributed by atoms with van der Waals surface area (Å²) < 4.78 is 2.87. The molecule has 0 atom stereocenters. The van der Waals surface area contributed by atoms with E-state index < -0.39 is 0 Å². The Labute approximate surface area is 140 Å². The molecular weight excluding hydrogens is 322 g/mol. The number of hydrogen-bond donors (Lipinski definition) is 1. The quantitative estimate of drug-likeness (QED) is 0.568. The van der Waals surface area contributed by atoms with E-state index in [2.05, 4.69) is 40.5 Å². The van der Waals surface area contributed by atoms with Crippen LogP contribution in [0.4, 0.5) is 11.5 Å². The van der Waals surface area contributed by atoms with Crippen molar-refractivity contribution in [2.24, 2.45) is 10.2 Å². The lowest BCUT2D eigenvalue weighted by molar-refractivity contribution is 0.793. The van der Waals surface area contributed by atoms with Gasteiger partial charge in [0.2, 0.25) is 0 Å². The summed E-state index contributed by atoms with van der Waals surface area (Å²) in [5, 5.41) is 30.4. The van der Waals surface area contributed by atoms with Gasteiger partial charge in [0.05, 0.1) is 18.1 Å². The first-order chi connectivity index (χ1) is 12.2. The monoisotopic (exact) mass is 333 g/mol. The van der Waals surface area contributed by atoms with E-state index in [1.165, 1.54) is 27.9 Å². The highest BCUT2D eigenvalue weighted by molar-refractivity contribution is 5.66. The Hall–Kier alpha value is -3.94. The molecule has 0 aliphatic rings. The molecule has 122 valence electrons. The largest absolute Gasteiger partial charge is 0.324 e. The summed E-state index contributed by atoms with van der Waals surface area (Å²) in [6.45, 7) is 3.62. The van der Waals surface area contributed by atoms with Gasteiger partial charge in [-0.2, -0.15) is 20.1 Å². The topological polar surface area (TPSA) is 138 Å². The molecule has 0 fully saturated rings. The summed E-state index contributed by atoms with van der Waals surface area (Å²) in [7, 11) is 0. The van der Waals surface area contributed by atoms with Crippen molar-refractivity contribution < 1.29 is 0 Å². The van der Waals surface area contributed by atoms with Crippen LogP contribution in [0.5, 0.6) is 0 Å². The van der Waals surface area contributed by atoms with Gasteiger partial charge in [-0.3, -0.25) is 4.98 Å². The molecule has 1 N–H and O–H groups in total. The minimum atomic E-state index is 0.262. The zero-order valence-corrected chi connectivity index (χ0v) is 13.3. The Morgan fingerprint density at radius 1 is 1.16 bits per heavy atom. The number of aryl methyl sites for hydroxylation is 2. The van der Waals surface area contributed by atoms with Crippen LogP contribution in [0.25, 0.3) is 11.5 Å². The molecule has 0 aliphatic heterocycles. The average Bonchev–Trinajstić information content (AvgIpc) is 3.26. The van der Waals surface area contributed by atoms with Crippen molar-refractivity contribution in [3.8, 4) is 11.9 Å². The number of aromatic amines is 1. The summed E-state index contributed by atoms with van der Waals surface area (Å²) in [6, 6.07) is 2.05. The van der Waals surface area contributed by atoms with Crippen LogP contribution in [0.15, 0.2) is 35.0 Å². The zero-order chi connectivity index (χ0) is 17.4. The smallest absolute Gasteiger partial charge is 0.197 e. The predicted octanol–water partition coefficient (Wildman–Crippen LogP) is 1.94. The SMILES string of the molecule is Cc1nn2nc(C)c(/N=N/c3c(C#N)cnn3-c3cnccn3)c2[nH]1. The average molecular weight is 333 g/mol. The maximum atomic E-state index is 9.29. The summed E-state index contributed by atoms with van der Waals surface area (Å²) in [5.74, 6) is 1.41.